The van der Waals surface area contributed by atoms with E-state index in [-0.39, 0.29) is 6.04 Å². The zero-order valence-corrected chi connectivity index (χ0v) is 12.2. The van der Waals surface area contributed by atoms with Gasteiger partial charge in [-0.15, -0.1) is 0 Å². The lowest BCUT2D eigenvalue weighted by molar-refractivity contribution is 0.169. The number of hydrogen-bond donors (Lipinski definition) is 1. The molecule has 1 aromatic carbocycles. The first-order valence-electron chi connectivity index (χ1n) is 7.71. The van der Waals surface area contributed by atoms with Gasteiger partial charge in [0.1, 0.15) is 13.2 Å². The summed E-state index contributed by atoms with van der Waals surface area (Å²) in [7, 11) is 0. The minimum Gasteiger partial charge on any atom is -0.486 e. The van der Waals surface area contributed by atoms with Gasteiger partial charge in [-0.1, -0.05) is 30.7 Å². The molecule has 1 N–H and O–H groups in total. The molecule has 0 saturated carbocycles. The van der Waals surface area contributed by atoms with Gasteiger partial charge in [0.2, 0.25) is 0 Å². The van der Waals surface area contributed by atoms with Crippen molar-refractivity contribution in [3.63, 3.8) is 0 Å². The second-order valence-electron chi connectivity index (χ2n) is 5.39. The fourth-order valence-corrected chi connectivity index (χ4v) is 3.09. The summed E-state index contributed by atoms with van der Waals surface area (Å²) >= 11 is 0. The molecule has 108 valence electrons. The lowest BCUT2D eigenvalue weighted by Crippen LogP contribution is -2.26. The second-order valence-corrected chi connectivity index (χ2v) is 5.39. The summed E-state index contributed by atoms with van der Waals surface area (Å²) in [4.78, 5) is 0. The Balaban J connectivity index is 1.96. The van der Waals surface area contributed by atoms with E-state index in [0.717, 1.165) is 18.0 Å². The van der Waals surface area contributed by atoms with Gasteiger partial charge in [0.25, 0.3) is 0 Å². The van der Waals surface area contributed by atoms with E-state index < -0.39 is 0 Å². The third-order valence-corrected chi connectivity index (χ3v) is 4.01. The third-order valence-electron chi connectivity index (χ3n) is 4.01. The van der Waals surface area contributed by atoms with Crippen molar-refractivity contribution in [2.75, 3.05) is 19.8 Å². The van der Waals surface area contributed by atoms with E-state index in [0.29, 0.717) is 13.2 Å². The number of fused-ring (bicyclic) bond motifs is 1. The van der Waals surface area contributed by atoms with Crippen molar-refractivity contribution in [3.8, 4) is 11.5 Å². The minimum atomic E-state index is 0.261. The lowest BCUT2D eigenvalue weighted by Gasteiger charge is -2.28. The first-order chi connectivity index (χ1) is 9.90. The molecule has 1 heterocycles. The van der Waals surface area contributed by atoms with Gasteiger partial charge < -0.3 is 14.8 Å². The molecule has 0 fully saturated rings. The molecule has 1 aliphatic heterocycles. The van der Waals surface area contributed by atoms with E-state index in [2.05, 4.69) is 30.4 Å². The number of allylic oxidation sites excluding steroid dienone is 1. The number of likely N-dealkylation sites (N-methyl/N-ethyl adjacent to an activating group) is 1. The highest BCUT2D eigenvalue weighted by molar-refractivity contribution is 5.51. The maximum Gasteiger partial charge on any atom is 0.166 e. The van der Waals surface area contributed by atoms with Crippen molar-refractivity contribution in [1.82, 2.24) is 5.32 Å². The van der Waals surface area contributed by atoms with E-state index in [1.54, 1.807) is 0 Å². The highest BCUT2D eigenvalue weighted by Crippen LogP contribution is 2.40. The number of nitrogens with one attached hydrogen (secondary N) is 1. The SMILES string of the molecule is CCNC(C1=CCCCC1)c1cccc2c1OCCO2. The molecule has 0 bridgehead atoms. The molecule has 1 atom stereocenters. The van der Waals surface area contributed by atoms with Crippen LogP contribution in [-0.4, -0.2) is 19.8 Å². The maximum atomic E-state index is 5.88. The van der Waals surface area contributed by atoms with Crippen LogP contribution < -0.4 is 14.8 Å². The number of rotatable bonds is 4. The predicted molar refractivity (Wildman–Crippen MR) is 80.4 cm³/mol. The molecule has 3 heteroatoms. The molecule has 1 aliphatic carbocycles. The van der Waals surface area contributed by atoms with Crippen LogP contribution in [-0.2, 0) is 0 Å². The van der Waals surface area contributed by atoms with Gasteiger partial charge >= 0.3 is 0 Å². The van der Waals surface area contributed by atoms with Crippen molar-refractivity contribution in [1.29, 1.82) is 0 Å². The summed E-state index contributed by atoms with van der Waals surface area (Å²) < 4.78 is 11.6. The smallest absolute Gasteiger partial charge is 0.166 e. The zero-order valence-electron chi connectivity index (χ0n) is 12.2. The number of para-hydroxylation sites is 1. The summed E-state index contributed by atoms with van der Waals surface area (Å²) in [5, 5.41) is 3.61. The zero-order chi connectivity index (χ0) is 13.8. The molecular weight excluding hydrogens is 250 g/mol. The quantitative estimate of drug-likeness (QED) is 0.850. The molecular formula is C17H23NO2. The average molecular weight is 273 g/mol. The van der Waals surface area contributed by atoms with Crippen LogP contribution in [0.1, 0.15) is 44.2 Å². The highest BCUT2D eigenvalue weighted by atomic mass is 16.6. The van der Waals surface area contributed by atoms with Crippen LogP contribution in [0.15, 0.2) is 29.8 Å². The topological polar surface area (TPSA) is 30.5 Å². The molecule has 0 aromatic heterocycles. The third kappa shape index (κ3) is 2.68. The Labute approximate surface area is 121 Å². The van der Waals surface area contributed by atoms with Crippen LogP contribution in [0.4, 0.5) is 0 Å². The van der Waals surface area contributed by atoms with Gasteiger partial charge in [0, 0.05) is 5.56 Å². The van der Waals surface area contributed by atoms with E-state index in [9.17, 15) is 0 Å². The molecule has 1 aromatic rings. The molecule has 0 radical (unpaired) electrons. The van der Waals surface area contributed by atoms with Crippen LogP contribution in [0.25, 0.3) is 0 Å². The number of ether oxygens (including phenoxy) is 2. The summed E-state index contributed by atoms with van der Waals surface area (Å²) in [6, 6.07) is 6.49. The monoisotopic (exact) mass is 273 g/mol. The largest absolute Gasteiger partial charge is 0.486 e. The van der Waals surface area contributed by atoms with Crippen LogP contribution >= 0.6 is 0 Å². The normalized spacial score (nSPS) is 19.4. The fraction of sp³-hybridized carbons (Fsp3) is 0.529. The van der Waals surface area contributed by atoms with Crippen LogP contribution in [0.2, 0.25) is 0 Å². The Hall–Kier alpha value is -1.48. The Morgan fingerprint density at radius 2 is 2.10 bits per heavy atom. The summed E-state index contributed by atoms with van der Waals surface area (Å²) in [5.41, 5.74) is 2.72. The molecule has 0 spiro atoms. The summed E-state index contributed by atoms with van der Waals surface area (Å²) in [5.74, 6) is 1.81. The van der Waals surface area contributed by atoms with Gasteiger partial charge in [0.15, 0.2) is 11.5 Å². The average Bonchev–Trinajstić information content (AvgIpc) is 2.53. The van der Waals surface area contributed by atoms with Crippen molar-refractivity contribution in [2.45, 2.75) is 38.6 Å². The Morgan fingerprint density at radius 1 is 1.20 bits per heavy atom. The van der Waals surface area contributed by atoms with Crippen molar-refractivity contribution in [3.05, 3.63) is 35.4 Å². The van der Waals surface area contributed by atoms with Crippen molar-refractivity contribution in [2.24, 2.45) is 0 Å². The van der Waals surface area contributed by atoms with Gasteiger partial charge in [-0.2, -0.15) is 0 Å². The van der Waals surface area contributed by atoms with E-state index in [1.165, 1.54) is 36.8 Å². The van der Waals surface area contributed by atoms with E-state index in [4.69, 9.17) is 9.47 Å². The standard InChI is InChI=1S/C17H23NO2/c1-2-18-16(13-7-4-3-5-8-13)14-9-6-10-15-17(14)20-12-11-19-15/h6-7,9-10,16,18H,2-5,8,11-12H2,1H3. The van der Waals surface area contributed by atoms with Crippen LogP contribution in [0.5, 0.6) is 11.5 Å². The summed E-state index contributed by atoms with van der Waals surface area (Å²) in [6.07, 6.45) is 7.39. The van der Waals surface area contributed by atoms with Crippen LogP contribution in [0.3, 0.4) is 0 Å². The molecule has 2 aliphatic rings. The summed E-state index contributed by atoms with van der Waals surface area (Å²) in [6.45, 7) is 4.39. The van der Waals surface area contributed by atoms with Crippen molar-refractivity contribution < 1.29 is 9.47 Å². The van der Waals surface area contributed by atoms with Gasteiger partial charge in [-0.05, 0) is 38.3 Å². The first kappa shape index (κ1) is 13.5. The highest BCUT2D eigenvalue weighted by Gasteiger charge is 2.24. The molecule has 0 amide bonds. The van der Waals surface area contributed by atoms with Crippen molar-refractivity contribution >= 4 is 0 Å². The molecule has 1 unspecified atom stereocenters. The maximum absolute atomic E-state index is 5.88. The first-order valence-corrected chi connectivity index (χ1v) is 7.71. The van der Waals surface area contributed by atoms with Gasteiger partial charge in [-0.3, -0.25) is 0 Å². The number of hydrogen-bond acceptors (Lipinski definition) is 3. The van der Waals surface area contributed by atoms with Crippen LogP contribution in [0, 0.1) is 0 Å². The molecule has 3 nitrogen and oxygen atoms in total. The molecule has 3 rings (SSSR count). The van der Waals surface area contributed by atoms with Gasteiger partial charge in [-0.25, -0.2) is 0 Å². The molecule has 0 saturated heterocycles. The Kier molecular flexibility index (Phi) is 4.26. The molecule has 20 heavy (non-hydrogen) atoms. The minimum absolute atomic E-state index is 0.261. The fourth-order valence-electron chi connectivity index (χ4n) is 3.09. The Morgan fingerprint density at radius 3 is 2.90 bits per heavy atom. The Bertz CT molecular complexity index is 496. The van der Waals surface area contributed by atoms with E-state index >= 15 is 0 Å². The predicted octanol–water partition coefficient (Wildman–Crippen LogP) is 3.61. The van der Waals surface area contributed by atoms with E-state index in [1.807, 2.05) is 6.07 Å². The lowest BCUT2D eigenvalue weighted by atomic mass is 9.89. The second kappa shape index (κ2) is 6.31. The number of benzene rings is 1. The van der Waals surface area contributed by atoms with Gasteiger partial charge in [0.05, 0.1) is 6.04 Å².